The van der Waals surface area contributed by atoms with E-state index < -0.39 is 0 Å². The molecule has 0 unspecified atom stereocenters. The molecule has 0 aromatic carbocycles. The number of terminal acetylenes is 1. The van der Waals surface area contributed by atoms with Gasteiger partial charge < -0.3 is 28.4 Å². The van der Waals surface area contributed by atoms with Crippen molar-refractivity contribution in [3.8, 4) is 12.5 Å². The van der Waals surface area contributed by atoms with Crippen molar-refractivity contribution in [1.29, 1.82) is 0 Å². The highest BCUT2D eigenvalue weighted by Gasteiger charge is 1.92. The predicted molar refractivity (Wildman–Crippen MR) is 69.9 cm³/mol. The number of hydrogen-bond acceptors (Lipinski definition) is 6. The summed E-state index contributed by atoms with van der Waals surface area (Å²) in [5, 5.41) is 0. The molecule has 112 valence electrons. The Morgan fingerprint density at radius 1 is 0.632 bits per heavy atom. The van der Waals surface area contributed by atoms with Crippen LogP contribution < -0.4 is 0 Å². The van der Waals surface area contributed by atoms with Crippen LogP contribution in [0.5, 0.6) is 0 Å². The molecule has 0 aromatic heterocycles. The molecule has 0 saturated heterocycles. The fraction of sp³-hybridized carbons (Fsp3) is 0.846. The second kappa shape index (κ2) is 17.2. The Kier molecular flexibility index (Phi) is 16.4. The molecular weight excluding hydrogens is 252 g/mol. The van der Waals surface area contributed by atoms with E-state index in [1.165, 1.54) is 0 Å². The quantitative estimate of drug-likeness (QED) is 0.317. The van der Waals surface area contributed by atoms with Gasteiger partial charge in [0.15, 0.2) is 0 Å². The van der Waals surface area contributed by atoms with Gasteiger partial charge in [-0.05, 0) is 0 Å². The summed E-state index contributed by atoms with van der Waals surface area (Å²) in [5.41, 5.74) is 0. The fourth-order valence-electron chi connectivity index (χ4n) is 1.06. The molecular formula is C13H24O6. The second-order valence-corrected chi connectivity index (χ2v) is 3.41. The maximum absolute atomic E-state index is 5.30. The molecule has 0 aromatic rings. The number of ether oxygens (including phenoxy) is 6. The lowest BCUT2D eigenvalue weighted by molar-refractivity contribution is -0.0105. The van der Waals surface area contributed by atoms with Gasteiger partial charge in [-0.2, -0.15) is 0 Å². The van der Waals surface area contributed by atoms with Gasteiger partial charge in [0.05, 0.1) is 59.5 Å². The lowest BCUT2D eigenvalue weighted by atomic mass is 10.7. The lowest BCUT2D eigenvalue weighted by Gasteiger charge is -2.07. The van der Waals surface area contributed by atoms with Crippen LogP contribution in [-0.4, -0.2) is 73.2 Å². The van der Waals surface area contributed by atoms with E-state index in [4.69, 9.17) is 30.1 Å². The Balaban J connectivity index is 2.90. The van der Waals surface area contributed by atoms with E-state index in [0.717, 1.165) is 0 Å². The van der Waals surface area contributed by atoms with E-state index >= 15 is 0 Å². The van der Waals surface area contributed by atoms with Crippen molar-refractivity contribution in [2.75, 3.05) is 73.2 Å². The Morgan fingerprint density at radius 2 is 1.00 bits per heavy atom. The first kappa shape index (κ1) is 18.2. The van der Waals surface area contributed by atoms with Crippen molar-refractivity contribution in [2.45, 2.75) is 0 Å². The highest BCUT2D eigenvalue weighted by Crippen LogP contribution is 1.83. The van der Waals surface area contributed by atoms with Gasteiger partial charge >= 0.3 is 0 Å². The molecule has 6 nitrogen and oxygen atoms in total. The monoisotopic (exact) mass is 276 g/mol. The minimum atomic E-state index is 0.405. The molecule has 0 N–H and O–H groups in total. The zero-order valence-corrected chi connectivity index (χ0v) is 11.6. The van der Waals surface area contributed by atoms with Crippen LogP contribution in [0.2, 0.25) is 0 Å². The smallest absolute Gasteiger partial charge is 0.123 e. The maximum atomic E-state index is 5.30. The van der Waals surface area contributed by atoms with Gasteiger partial charge in [-0.25, -0.2) is 0 Å². The van der Waals surface area contributed by atoms with Crippen molar-refractivity contribution < 1.29 is 28.4 Å². The minimum absolute atomic E-state index is 0.405. The number of methoxy groups -OCH3 is 1. The van der Waals surface area contributed by atoms with Crippen LogP contribution in [0.15, 0.2) is 0 Å². The molecule has 0 aliphatic carbocycles. The van der Waals surface area contributed by atoms with E-state index in [1.54, 1.807) is 7.11 Å². The Bertz CT molecular complexity index is 204. The molecule has 0 fully saturated rings. The van der Waals surface area contributed by atoms with Crippen molar-refractivity contribution in [3.63, 3.8) is 0 Å². The summed E-state index contributed by atoms with van der Waals surface area (Å²) in [6, 6.07) is 0. The first-order chi connectivity index (χ1) is 9.41. The van der Waals surface area contributed by atoms with Gasteiger partial charge in [0.2, 0.25) is 0 Å². The Labute approximate surface area is 115 Å². The summed E-state index contributed by atoms with van der Waals surface area (Å²) < 4.78 is 30.5. The molecule has 0 spiro atoms. The molecule has 0 saturated carbocycles. The molecule has 0 bridgehead atoms. The van der Waals surface area contributed by atoms with Crippen molar-refractivity contribution in [2.24, 2.45) is 0 Å². The molecule has 19 heavy (non-hydrogen) atoms. The first-order valence-electron chi connectivity index (χ1n) is 6.29. The number of hydrogen-bond donors (Lipinski definition) is 0. The standard InChI is InChI=1S/C13H24O6/c1-3-15-6-7-17-10-11-19-13-12-18-9-8-16-5-4-14-2/h1H,4-13H2,2H3. The van der Waals surface area contributed by atoms with Crippen LogP contribution in [0.3, 0.4) is 0 Å². The van der Waals surface area contributed by atoms with E-state index in [2.05, 4.69) is 10.8 Å². The van der Waals surface area contributed by atoms with Gasteiger partial charge in [-0.3, -0.25) is 0 Å². The Morgan fingerprint density at radius 3 is 1.37 bits per heavy atom. The third kappa shape index (κ3) is 17.2. The van der Waals surface area contributed by atoms with Gasteiger partial charge in [0, 0.05) is 7.11 Å². The van der Waals surface area contributed by atoms with Gasteiger partial charge in [0.1, 0.15) is 12.7 Å². The second-order valence-electron chi connectivity index (χ2n) is 3.41. The van der Waals surface area contributed by atoms with Crippen LogP contribution in [-0.2, 0) is 28.4 Å². The third-order valence-corrected chi connectivity index (χ3v) is 1.96. The van der Waals surface area contributed by atoms with Gasteiger partial charge in [-0.15, -0.1) is 0 Å². The third-order valence-electron chi connectivity index (χ3n) is 1.96. The predicted octanol–water partition coefficient (Wildman–Crippen LogP) is 0.307. The fourth-order valence-corrected chi connectivity index (χ4v) is 1.06. The molecule has 0 rings (SSSR count). The molecule has 6 heteroatoms. The van der Waals surface area contributed by atoms with Gasteiger partial charge in [-0.1, -0.05) is 6.42 Å². The zero-order chi connectivity index (χ0) is 14.0. The lowest BCUT2D eigenvalue weighted by Crippen LogP contribution is -2.13. The molecule has 0 atom stereocenters. The summed E-state index contributed by atoms with van der Waals surface area (Å²) in [6.07, 6.45) is 6.97. The van der Waals surface area contributed by atoms with E-state index in [1.807, 2.05) is 0 Å². The average molecular weight is 276 g/mol. The average Bonchev–Trinajstić information content (AvgIpc) is 2.43. The number of rotatable bonds is 15. The summed E-state index contributed by atoms with van der Waals surface area (Å²) in [4.78, 5) is 0. The normalized spacial score (nSPS) is 10.3. The molecule has 0 heterocycles. The SMILES string of the molecule is C#COCCOCCOCCOCCOCCOC. The van der Waals surface area contributed by atoms with Crippen molar-refractivity contribution in [3.05, 3.63) is 0 Å². The Hall–Kier alpha value is -0.840. The highest BCUT2D eigenvalue weighted by molar-refractivity contribution is 4.67. The maximum Gasteiger partial charge on any atom is 0.123 e. The summed E-state index contributed by atoms with van der Waals surface area (Å²) in [6.45, 7) is 5.36. The van der Waals surface area contributed by atoms with E-state index in [9.17, 15) is 0 Å². The van der Waals surface area contributed by atoms with E-state index in [0.29, 0.717) is 66.1 Å². The highest BCUT2D eigenvalue weighted by atomic mass is 16.6. The van der Waals surface area contributed by atoms with Crippen LogP contribution >= 0.6 is 0 Å². The topological polar surface area (TPSA) is 55.4 Å². The largest absolute Gasteiger partial charge is 0.444 e. The van der Waals surface area contributed by atoms with Crippen molar-refractivity contribution in [1.82, 2.24) is 0 Å². The van der Waals surface area contributed by atoms with Crippen LogP contribution in [0.25, 0.3) is 0 Å². The molecule has 0 aliphatic heterocycles. The van der Waals surface area contributed by atoms with Crippen LogP contribution in [0, 0.1) is 12.5 Å². The van der Waals surface area contributed by atoms with Gasteiger partial charge in [0.25, 0.3) is 0 Å². The summed E-state index contributed by atoms with van der Waals surface area (Å²) in [5.74, 6) is 0. The molecule has 0 aliphatic rings. The van der Waals surface area contributed by atoms with Crippen LogP contribution in [0.1, 0.15) is 0 Å². The van der Waals surface area contributed by atoms with Crippen LogP contribution in [0.4, 0.5) is 0 Å². The summed E-state index contributed by atoms with van der Waals surface area (Å²) in [7, 11) is 1.64. The first-order valence-corrected chi connectivity index (χ1v) is 6.29. The minimum Gasteiger partial charge on any atom is -0.444 e. The summed E-state index contributed by atoms with van der Waals surface area (Å²) >= 11 is 0. The zero-order valence-electron chi connectivity index (χ0n) is 11.6. The molecule has 0 amide bonds. The molecule has 0 radical (unpaired) electrons. The van der Waals surface area contributed by atoms with Crippen molar-refractivity contribution >= 4 is 0 Å². The van der Waals surface area contributed by atoms with E-state index in [-0.39, 0.29) is 0 Å².